The number of nitrogens with zero attached hydrogens (tertiary/aromatic N) is 4. The monoisotopic (exact) mass is 460 g/mol. The zero-order valence-corrected chi connectivity index (χ0v) is 18.3. The van der Waals surface area contributed by atoms with E-state index in [1.807, 2.05) is 65.2 Å². The second kappa shape index (κ2) is 8.41. The van der Waals surface area contributed by atoms with Crippen LogP contribution >= 0.6 is 23.8 Å². The van der Waals surface area contributed by atoms with Crippen LogP contribution in [0.25, 0.3) is 28.1 Å². The Labute approximate surface area is 193 Å². The van der Waals surface area contributed by atoms with Gasteiger partial charge in [0, 0.05) is 22.0 Å². The number of fused-ring (bicyclic) bond motifs is 1. The van der Waals surface area contributed by atoms with Gasteiger partial charge in [-0.2, -0.15) is 5.10 Å². The fourth-order valence-corrected chi connectivity index (χ4v) is 3.82. The van der Waals surface area contributed by atoms with E-state index in [4.69, 9.17) is 23.8 Å². The average molecular weight is 461 g/mol. The minimum atomic E-state index is -0.210. The van der Waals surface area contributed by atoms with Crippen LogP contribution in [0.15, 0.2) is 79.1 Å². The number of rotatable bonds is 5. The van der Waals surface area contributed by atoms with E-state index in [9.17, 15) is 4.79 Å². The molecule has 9 heteroatoms. The van der Waals surface area contributed by atoms with Gasteiger partial charge in [-0.25, -0.2) is 4.98 Å². The lowest BCUT2D eigenvalue weighted by atomic mass is 10.2. The molecule has 0 aliphatic heterocycles. The lowest BCUT2D eigenvalue weighted by molar-refractivity contribution is -0.116. The lowest BCUT2D eigenvalue weighted by Gasteiger charge is -2.10. The summed E-state index contributed by atoms with van der Waals surface area (Å²) in [6, 6.07) is 22.7. The highest BCUT2D eigenvalue weighted by Crippen LogP contribution is 2.21. The molecule has 2 aromatic heterocycles. The predicted octanol–water partition coefficient (Wildman–Crippen LogP) is 5.24. The maximum atomic E-state index is 12.7. The summed E-state index contributed by atoms with van der Waals surface area (Å²) in [6.07, 6.45) is 1.79. The van der Waals surface area contributed by atoms with Gasteiger partial charge in [-0.05, 0) is 72.9 Å². The number of para-hydroxylation sites is 2. The Morgan fingerprint density at radius 3 is 2.56 bits per heavy atom. The largest absolute Gasteiger partial charge is 0.325 e. The number of aromatic nitrogens is 5. The van der Waals surface area contributed by atoms with Gasteiger partial charge >= 0.3 is 0 Å². The molecule has 0 spiro atoms. The van der Waals surface area contributed by atoms with Crippen molar-refractivity contribution in [2.75, 3.05) is 5.32 Å². The predicted molar refractivity (Wildman–Crippen MR) is 128 cm³/mol. The van der Waals surface area contributed by atoms with E-state index in [0.29, 0.717) is 21.3 Å². The molecule has 5 aromatic rings. The van der Waals surface area contributed by atoms with E-state index in [1.165, 1.54) is 0 Å². The van der Waals surface area contributed by atoms with E-state index in [-0.39, 0.29) is 12.5 Å². The summed E-state index contributed by atoms with van der Waals surface area (Å²) < 4.78 is 4.02. The molecule has 1 amide bonds. The maximum absolute atomic E-state index is 12.7. The zero-order chi connectivity index (χ0) is 22.1. The van der Waals surface area contributed by atoms with E-state index >= 15 is 0 Å². The molecule has 0 atom stereocenters. The van der Waals surface area contributed by atoms with Gasteiger partial charge in [-0.3, -0.25) is 19.0 Å². The van der Waals surface area contributed by atoms with Crippen molar-refractivity contribution in [1.82, 2.24) is 24.3 Å². The molecule has 0 aliphatic rings. The fraction of sp³-hybridized carbons (Fsp3) is 0.0435. The van der Waals surface area contributed by atoms with Crippen molar-refractivity contribution in [3.8, 4) is 17.1 Å². The van der Waals surface area contributed by atoms with Crippen molar-refractivity contribution < 1.29 is 4.79 Å². The Kier molecular flexibility index (Phi) is 5.30. The highest BCUT2D eigenvalue weighted by Gasteiger charge is 2.13. The number of carbonyl (C=O) groups is 1. The highest BCUT2D eigenvalue weighted by atomic mass is 35.5. The average Bonchev–Trinajstić information content (AvgIpc) is 3.39. The molecule has 0 unspecified atom stereocenters. The summed E-state index contributed by atoms with van der Waals surface area (Å²) in [5, 5.41) is 10.5. The first-order chi connectivity index (χ1) is 15.6. The summed E-state index contributed by atoms with van der Waals surface area (Å²) >= 11 is 11.3. The molecule has 0 saturated heterocycles. The third kappa shape index (κ3) is 3.93. The van der Waals surface area contributed by atoms with Crippen LogP contribution < -0.4 is 5.32 Å². The van der Waals surface area contributed by atoms with Gasteiger partial charge in [0.1, 0.15) is 12.9 Å². The highest BCUT2D eigenvalue weighted by molar-refractivity contribution is 7.71. The number of hydrogen-bond donors (Lipinski definition) is 2. The van der Waals surface area contributed by atoms with Gasteiger partial charge in [0.15, 0.2) is 10.6 Å². The third-order valence-electron chi connectivity index (χ3n) is 5.05. The Bertz CT molecular complexity index is 1470. The first-order valence-electron chi connectivity index (χ1n) is 9.82. The van der Waals surface area contributed by atoms with E-state index in [2.05, 4.69) is 20.5 Å². The molecule has 0 radical (unpaired) electrons. The lowest BCUT2D eigenvalue weighted by Crippen LogP contribution is -2.19. The maximum Gasteiger partial charge on any atom is 0.244 e. The quantitative estimate of drug-likeness (QED) is 0.351. The first kappa shape index (κ1) is 20.2. The third-order valence-corrected chi connectivity index (χ3v) is 5.61. The standard InChI is InChI=1S/C23H17ClN6OS/c24-16-7-5-15(6-8-16)22-27-28-23(32)29(22)13-21(31)26-17-9-11-18(12-10-17)30-14-25-19-3-1-2-4-20(19)30/h1-12,14H,13H2,(H,26,31)(H,28,32). The van der Waals surface area contributed by atoms with Crippen molar-refractivity contribution in [1.29, 1.82) is 0 Å². The van der Waals surface area contributed by atoms with Crippen LogP contribution in [0, 0.1) is 4.77 Å². The van der Waals surface area contributed by atoms with Crippen molar-refractivity contribution in [2.45, 2.75) is 6.54 Å². The molecule has 5 rings (SSSR count). The molecule has 7 nitrogen and oxygen atoms in total. The number of benzene rings is 3. The number of amides is 1. The van der Waals surface area contributed by atoms with Gasteiger partial charge in [0.2, 0.25) is 5.91 Å². The molecular weight excluding hydrogens is 444 g/mol. The number of anilines is 1. The van der Waals surface area contributed by atoms with Crippen molar-refractivity contribution >= 4 is 46.4 Å². The number of carbonyl (C=O) groups excluding carboxylic acids is 1. The topological polar surface area (TPSA) is 80.5 Å². The minimum absolute atomic E-state index is 0.0290. The van der Waals surface area contributed by atoms with E-state index in [1.54, 1.807) is 23.0 Å². The Balaban J connectivity index is 1.33. The van der Waals surface area contributed by atoms with Crippen LogP contribution in [0.3, 0.4) is 0 Å². The van der Waals surface area contributed by atoms with Crippen molar-refractivity contribution in [2.24, 2.45) is 0 Å². The Morgan fingerprint density at radius 2 is 1.78 bits per heavy atom. The van der Waals surface area contributed by atoms with Crippen LogP contribution in [0.5, 0.6) is 0 Å². The van der Waals surface area contributed by atoms with Crippen LogP contribution in [-0.4, -0.2) is 30.2 Å². The molecule has 0 aliphatic carbocycles. The number of aromatic amines is 1. The molecule has 2 heterocycles. The number of hydrogen-bond acceptors (Lipinski definition) is 4. The summed E-state index contributed by atoms with van der Waals surface area (Å²) in [5.41, 5.74) is 4.41. The molecule has 0 bridgehead atoms. The van der Waals surface area contributed by atoms with Crippen LogP contribution in [-0.2, 0) is 11.3 Å². The van der Waals surface area contributed by atoms with Crippen molar-refractivity contribution in [3.63, 3.8) is 0 Å². The molecule has 0 fully saturated rings. The Morgan fingerprint density at radius 1 is 1.03 bits per heavy atom. The second-order valence-corrected chi connectivity index (χ2v) is 7.97. The normalized spacial score (nSPS) is 11.0. The minimum Gasteiger partial charge on any atom is -0.325 e. The molecule has 158 valence electrons. The number of nitrogens with one attached hydrogen (secondary N) is 2. The van der Waals surface area contributed by atoms with Crippen molar-refractivity contribution in [3.05, 3.63) is 88.9 Å². The molecule has 3 aromatic carbocycles. The Hall–Kier alpha value is -3.75. The van der Waals surface area contributed by atoms with Gasteiger partial charge < -0.3 is 5.32 Å². The van der Waals surface area contributed by atoms with Crippen LogP contribution in [0.2, 0.25) is 5.02 Å². The second-order valence-electron chi connectivity index (χ2n) is 7.14. The fourth-order valence-electron chi connectivity index (χ4n) is 3.50. The molecule has 0 saturated carbocycles. The van der Waals surface area contributed by atoms with Gasteiger partial charge in [0.05, 0.1) is 11.0 Å². The summed E-state index contributed by atoms with van der Waals surface area (Å²) in [4.78, 5) is 17.1. The SMILES string of the molecule is O=C(Cn1c(-c2ccc(Cl)cc2)n[nH]c1=S)Nc1ccc(-n2cnc3ccccc32)cc1. The van der Waals surface area contributed by atoms with E-state index < -0.39 is 0 Å². The first-order valence-corrected chi connectivity index (χ1v) is 10.6. The van der Waals surface area contributed by atoms with Gasteiger partial charge in [0.25, 0.3) is 0 Å². The van der Waals surface area contributed by atoms with Gasteiger partial charge in [-0.1, -0.05) is 23.7 Å². The van der Waals surface area contributed by atoms with Gasteiger partial charge in [-0.15, -0.1) is 0 Å². The molecular formula is C23H17ClN6OS. The number of H-pyrrole nitrogens is 1. The van der Waals surface area contributed by atoms with Crippen LogP contribution in [0.4, 0.5) is 5.69 Å². The number of imidazole rings is 1. The summed E-state index contributed by atoms with van der Waals surface area (Å²) in [7, 11) is 0. The molecule has 32 heavy (non-hydrogen) atoms. The zero-order valence-electron chi connectivity index (χ0n) is 16.7. The summed E-state index contributed by atoms with van der Waals surface area (Å²) in [5.74, 6) is 0.364. The molecule has 2 N–H and O–H groups in total. The smallest absolute Gasteiger partial charge is 0.244 e. The van der Waals surface area contributed by atoms with E-state index in [0.717, 1.165) is 22.3 Å². The van der Waals surface area contributed by atoms with Crippen LogP contribution in [0.1, 0.15) is 0 Å². The summed E-state index contributed by atoms with van der Waals surface area (Å²) in [6.45, 7) is 0.0290. The number of halogens is 1.